The molecule has 1 aliphatic carbocycles. The molecular weight excluding hydrogens is 416 g/mol. The molecule has 27 heavy (non-hydrogen) atoms. The maximum Gasteiger partial charge on any atom is 0.262 e. The third-order valence-electron chi connectivity index (χ3n) is 4.46. The van der Waals surface area contributed by atoms with Crippen LogP contribution in [0.15, 0.2) is 47.1 Å². The summed E-state index contributed by atoms with van der Waals surface area (Å²) in [5, 5.41) is 2.44. The first-order chi connectivity index (χ1) is 13.0. The van der Waals surface area contributed by atoms with Crippen LogP contribution in [0.3, 0.4) is 0 Å². The average molecular weight is 430 g/mol. The minimum Gasteiger partial charge on any atom is -0.305 e. The van der Waals surface area contributed by atoms with Crippen molar-refractivity contribution in [3.05, 3.63) is 75.5 Å². The first-order valence-corrected chi connectivity index (χ1v) is 9.22. The number of carbonyl (C=O) groups is 1. The van der Waals surface area contributed by atoms with Gasteiger partial charge in [0.25, 0.3) is 5.91 Å². The van der Waals surface area contributed by atoms with Crippen LogP contribution in [-0.4, -0.2) is 15.9 Å². The van der Waals surface area contributed by atoms with Gasteiger partial charge in [-0.3, -0.25) is 9.78 Å². The van der Waals surface area contributed by atoms with Crippen LogP contribution in [0.1, 0.15) is 28.0 Å². The third-order valence-corrected chi connectivity index (χ3v) is 4.96. The van der Waals surface area contributed by atoms with E-state index in [1.807, 2.05) is 12.1 Å². The highest BCUT2D eigenvalue weighted by Crippen LogP contribution is 2.32. The summed E-state index contributed by atoms with van der Waals surface area (Å²) in [4.78, 5) is 21.2. The smallest absolute Gasteiger partial charge is 0.262 e. The molecule has 0 unspecified atom stereocenters. The molecule has 7 heteroatoms. The molecule has 0 radical (unpaired) electrons. The second-order valence-electron chi connectivity index (χ2n) is 6.26. The number of carbonyl (C=O) groups excluding carboxylic acids is 1. The van der Waals surface area contributed by atoms with Gasteiger partial charge in [0.15, 0.2) is 5.82 Å². The number of hydrogen-bond acceptors (Lipinski definition) is 3. The van der Waals surface area contributed by atoms with Gasteiger partial charge in [0.1, 0.15) is 17.2 Å². The van der Waals surface area contributed by atoms with Gasteiger partial charge < -0.3 is 5.32 Å². The Kier molecular flexibility index (Phi) is 4.70. The van der Waals surface area contributed by atoms with Crippen molar-refractivity contribution in [2.24, 2.45) is 0 Å². The van der Waals surface area contributed by atoms with Crippen LogP contribution in [0, 0.1) is 11.6 Å². The number of nitrogens with one attached hydrogen (secondary N) is 1. The Morgan fingerprint density at radius 3 is 2.67 bits per heavy atom. The highest BCUT2D eigenvalue weighted by molar-refractivity contribution is 9.10. The van der Waals surface area contributed by atoms with Gasteiger partial charge in [0, 0.05) is 10.0 Å². The molecule has 0 bridgehead atoms. The van der Waals surface area contributed by atoms with Gasteiger partial charge in [0.05, 0.1) is 17.6 Å². The number of aromatic nitrogens is 2. The van der Waals surface area contributed by atoms with E-state index in [2.05, 4.69) is 37.3 Å². The molecule has 0 saturated heterocycles. The number of nitrogens with zero attached hydrogens (tertiary/aromatic N) is 2. The van der Waals surface area contributed by atoms with Crippen LogP contribution in [0.5, 0.6) is 0 Å². The summed E-state index contributed by atoms with van der Waals surface area (Å²) in [6, 6.07) is 9.34. The van der Waals surface area contributed by atoms with E-state index >= 15 is 0 Å². The summed E-state index contributed by atoms with van der Waals surface area (Å²) >= 11 is 3.48. The molecule has 0 aliphatic heterocycles. The summed E-state index contributed by atoms with van der Waals surface area (Å²) < 4.78 is 28.5. The maximum absolute atomic E-state index is 13.8. The Labute approximate surface area is 162 Å². The SMILES string of the molecule is O=C(Nc1cnc2c(n1)CCCc1ccc(Br)cc1-2)c1c(F)cccc1F. The molecule has 4 rings (SSSR count). The molecule has 136 valence electrons. The Hall–Kier alpha value is -2.67. The topological polar surface area (TPSA) is 54.9 Å². The minimum absolute atomic E-state index is 0.167. The Morgan fingerprint density at radius 2 is 1.89 bits per heavy atom. The van der Waals surface area contributed by atoms with E-state index in [1.54, 1.807) is 0 Å². The van der Waals surface area contributed by atoms with Gasteiger partial charge >= 0.3 is 0 Å². The quantitative estimate of drug-likeness (QED) is 0.628. The summed E-state index contributed by atoms with van der Waals surface area (Å²) in [7, 11) is 0. The van der Waals surface area contributed by atoms with Crippen LogP contribution < -0.4 is 5.32 Å². The molecule has 1 N–H and O–H groups in total. The maximum atomic E-state index is 13.8. The lowest BCUT2D eigenvalue weighted by Gasteiger charge is -2.11. The molecule has 0 saturated carbocycles. The molecule has 0 fully saturated rings. The first kappa shape index (κ1) is 17.7. The molecule has 1 heterocycles. The highest BCUT2D eigenvalue weighted by Gasteiger charge is 2.20. The van der Waals surface area contributed by atoms with Gasteiger partial charge in [-0.25, -0.2) is 13.8 Å². The second-order valence-corrected chi connectivity index (χ2v) is 7.17. The fraction of sp³-hybridized carbons (Fsp3) is 0.150. The van der Waals surface area contributed by atoms with Gasteiger partial charge in [-0.05, 0) is 49.1 Å². The molecule has 1 aliphatic rings. The van der Waals surface area contributed by atoms with Crippen LogP contribution in [0.2, 0.25) is 0 Å². The Morgan fingerprint density at radius 1 is 1.11 bits per heavy atom. The minimum atomic E-state index is -0.922. The number of aryl methyl sites for hydroxylation is 2. The zero-order chi connectivity index (χ0) is 19.0. The van der Waals surface area contributed by atoms with Gasteiger partial charge in [-0.15, -0.1) is 0 Å². The van der Waals surface area contributed by atoms with Crippen molar-refractivity contribution in [1.29, 1.82) is 0 Å². The van der Waals surface area contributed by atoms with Crippen molar-refractivity contribution in [1.82, 2.24) is 9.97 Å². The van der Waals surface area contributed by atoms with Crippen molar-refractivity contribution in [3.63, 3.8) is 0 Å². The lowest BCUT2D eigenvalue weighted by Crippen LogP contribution is -2.17. The molecule has 1 aromatic heterocycles. The van der Waals surface area contributed by atoms with E-state index in [-0.39, 0.29) is 5.82 Å². The van der Waals surface area contributed by atoms with Gasteiger partial charge in [-0.2, -0.15) is 0 Å². The number of benzene rings is 2. The number of hydrogen-bond donors (Lipinski definition) is 1. The van der Waals surface area contributed by atoms with Crippen LogP contribution in [0.4, 0.5) is 14.6 Å². The van der Waals surface area contributed by atoms with Crippen molar-refractivity contribution in [2.45, 2.75) is 19.3 Å². The van der Waals surface area contributed by atoms with E-state index in [9.17, 15) is 13.6 Å². The predicted molar refractivity (Wildman–Crippen MR) is 102 cm³/mol. The van der Waals surface area contributed by atoms with E-state index < -0.39 is 23.1 Å². The predicted octanol–water partition coefficient (Wildman–Crippen LogP) is 4.93. The number of rotatable bonds is 2. The van der Waals surface area contributed by atoms with Crippen molar-refractivity contribution >= 4 is 27.7 Å². The number of amides is 1. The zero-order valence-electron chi connectivity index (χ0n) is 14.1. The van der Waals surface area contributed by atoms with Crippen LogP contribution >= 0.6 is 15.9 Å². The number of anilines is 1. The molecule has 3 aromatic rings. The lowest BCUT2D eigenvalue weighted by molar-refractivity contribution is 0.101. The van der Waals surface area contributed by atoms with Crippen molar-refractivity contribution < 1.29 is 13.6 Å². The standard InChI is InChI=1S/C20H14BrF2N3O/c21-12-8-7-11-3-1-6-16-19(13(11)9-12)24-10-17(25-16)26-20(27)18-14(22)4-2-5-15(18)23/h2,4-5,7-10H,1,3,6H2,(H,25,26,27). The largest absolute Gasteiger partial charge is 0.305 e. The van der Waals surface area contributed by atoms with Gasteiger partial charge in [0.2, 0.25) is 0 Å². The molecule has 0 spiro atoms. The Bertz CT molecular complexity index is 1040. The molecule has 4 nitrogen and oxygen atoms in total. The highest BCUT2D eigenvalue weighted by atomic mass is 79.9. The fourth-order valence-electron chi connectivity index (χ4n) is 3.21. The van der Waals surface area contributed by atoms with Crippen LogP contribution in [-0.2, 0) is 12.8 Å². The molecule has 2 aromatic carbocycles. The Balaban J connectivity index is 1.68. The summed E-state index contributed by atoms with van der Waals surface area (Å²) in [6.07, 6.45) is 3.91. The average Bonchev–Trinajstić information content (AvgIpc) is 2.80. The fourth-order valence-corrected chi connectivity index (χ4v) is 3.57. The van der Waals surface area contributed by atoms with E-state index in [0.29, 0.717) is 6.42 Å². The molecule has 1 amide bonds. The van der Waals surface area contributed by atoms with Gasteiger partial charge in [-0.1, -0.05) is 28.1 Å². The zero-order valence-corrected chi connectivity index (χ0v) is 15.7. The summed E-state index contributed by atoms with van der Waals surface area (Å²) in [5.74, 6) is -2.57. The van der Waals surface area contributed by atoms with Crippen LogP contribution in [0.25, 0.3) is 11.3 Å². The summed E-state index contributed by atoms with van der Waals surface area (Å²) in [6.45, 7) is 0. The third kappa shape index (κ3) is 3.47. The molecule has 0 atom stereocenters. The molecular formula is C20H14BrF2N3O. The number of halogens is 3. The summed E-state index contributed by atoms with van der Waals surface area (Å²) in [5.41, 5.74) is 3.07. The number of fused-ring (bicyclic) bond motifs is 3. The first-order valence-electron chi connectivity index (χ1n) is 8.43. The van der Waals surface area contributed by atoms with Crippen molar-refractivity contribution in [3.8, 4) is 11.3 Å². The van der Waals surface area contributed by atoms with Crippen molar-refractivity contribution in [2.75, 3.05) is 5.32 Å². The lowest BCUT2D eigenvalue weighted by atomic mass is 10.0. The monoisotopic (exact) mass is 429 g/mol. The van der Waals surface area contributed by atoms with E-state index in [0.717, 1.165) is 46.4 Å². The van der Waals surface area contributed by atoms with E-state index in [4.69, 9.17) is 0 Å². The normalized spacial score (nSPS) is 12.7. The second kappa shape index (κ2) is 7.15. The van der Waals surface area contributed by atoms with E-state index in [1.165, 1.54) is 17.8 Å².